The highest BCUT2D eigenvalue weighted by atomic mass is 32.3. The topological polar surface area (TPSA) is 82.9 Å². The van der Waals surface area contributed by atoms with Crippen molar-refractivity contribution < 1.29 is 9.47 Å². The monoisotopic (exact) mass is 829 g/mol. The van der Waals surface area contributed by atoms with E-state index in [1.807, 2.05) is 121 Å². The average Bonchev–Trinajstić information content (AvgIpc) is 3.36. The number of ether oxygens (including phenoxy) is 2. The standard InChI is InChI=1S/C55H35N5O2S/c1-5-17-36(18-6-1)42-35-43(57-52(56-42)37-19-7-2-8-20-37)40-29-31-50-46(33-40)61-44-25-13-15-27-48(44)63(50)49-28-16-14-26-45(49)62-47-34-41(30-32-51(47)63)55-59-53(38-21-9-3-10-22-38)58-54(60-55)39-23-11-4-12-24-39/h1-35H. The van der Waals surface area contributed by atoms with Crippen LogP contribution in [0.4, 0.5) is 0 Å². The molecule has 0 fully saturated rings. The van der Waals surface area contributed by atoms with Gasteiger partial charge in [0.25, 0.3) is 0 Å². The van der Waals surface area contributed by atoms with Gasteiger partial charge < -0.3 is 9.47 Å². The molecular weight excluding hydrogens is 795 g/mol. The summed E-state index contributed by atoms with van der Waals surface area (Å²) in [6.07, 6.45) is 0. The van der Waals surface area contributed by atoms with Gasteiger partial charge in [-0.05, 0) is 60.7 Å². The highest BCUT2D eigenvalue weighted by molar-refractivity contribution is 8.34. The van der Waals surface area contributed by atoms with Crippen LogP contribution in [-0.2, 0) is 0 Å². The van der Waals surface area contributed by atoms with Gasteiger partial charge in [0.05, 0.1) is 11.4 Å². The number of hydrogen-bond acceptors (Lipinski definition) is 7. The molecule has 0 radical (unpaired) electrons. The van der Waals surface area contributed by atoms with Crippen molar-refractivity contribution in [3.8, 4) is 91.1 Å². The summed E-state index contributed by atoms with van der Waals surface area (Å²) in [7, 11) is -2.17. The van der Waals surface area contributed by atoms with Gasteiger partial charge in [0.15, 0.2) is 23.3 Å². The number of para-hydroxylation sites is 2. The Labute approximate surface area is 365 Å². The Kier molecular flexibility index (Phi) is 8.76. The third kappa shape index (κ3) is 6.26. The van der Waals surface area contributed by atoms with Crippen LogP contribution in [0.3, 0.4) is 0 Å². The molecule has 2 aliphatic heterocycles. The molecule has 0 N–H and O–H groups in total. The van der Waals surface area contributed by atoms with Gasteiger partial charge in [-0.3, -0.25) is 0 Å². The van der Waals surface area contributed by atoms with E-state index in [-0.39, 0.29) is 0 Å². The predicted octanol–water partition coefficient (Wildman–Crippen LogP) is 14.2. The van der Waals surface area contributed by atoms with Gasteiger partial charge in [0.2, 0.25) is 0 Å². The van der Waals surface area contributed by atoms with Crippen molar-refractivity contribution in [3.63, 3.8) is 0 Å². The molecule has 0 saturated heterocycles. The maximum Gasteiger partial charge on any atom is 0.164 e. The van der Waals surface area contributed by atoms with Gasteiger partial charge in [-0.2, -0.15) is 0 Å². The second kappa shape index (κ2) is 15.1. The molecule has 1 unspecified atom stereocenters. The Morgan fingerprint density at radius 2 is 0.603 bits per heavy atom. The molecule has 12 rings (SSSR count). The maximum atomic E-state index is 6.94. The van der Waals surface area contributed by atoms with E-state index in [4.69, 9.17) is 34.4 Å². The Bertz CT molecular complexity index is 3010. The summed E-state index contributed by atoms with van der Waals surface area (Å²) in [5.74, 6) is 5.53. The van der Waals surface area contributed by atoms with Crippen molar-refractivity contribution in [1.82, 2.24) is 24.9 Å². The first-order valence-corrected chi connectivity index (χ1v) is 22.4. The SMILES string of the molecule is c1ccc(-c2cc(-c3ccc4c(c3)Oc3ccccc3S43c4ccccc4Oc4cc(-c5nc(-c6ccccc6)nc(-c6ccccc6)n5)ccc43)nc(-c3ccccc3)n2)cc1. The van der Waals surface area contributed by atoms with Crippen LogP contribution < -0.4 is 9.47 Å². The molecule has 8 aromatic carbocycles. The van der Waals surface area contributed by atoms with Crippen LogP contribution in [0.15, 0.2) is 232 Å². The fourth-order valence-electron chi connectivity index (χ4n) is 8.51. The van der Waals surface area contributed by atoms with Crippen LogP contribution in [0.25, 0.3) is 68.1 Å². The van der Waals surface area contributed by atoms with Crippen molar-refractivity contribution in [2.75, 3.05) is 0 Å². The van der Waals surface area contributed by atoms with E-state index in [1.54, 1.807) is 0 Å². The highest BCUT2D eigenvalue weighted by Crippen LogP contribution is 2.83. The van der Waals surface area contributed by atoms with Crippen LogP contribution in [0, 0.1) is 0 Å². The maximum absolute atomic E-state index is 6.94. The van der Waals surface area contributed by atoms with Crippen molar-refractivity contribution in [2.24, 2.45) is 0 Å². The molecule has 0 saturated carbocycles. The lowest BCUT2D eigenvalue weighted by Gasteiger charge is -2.48. The third-order valence-electron chi connectivity index (χ3n) is 11.4. The van der Waals surface area contributed by atoms with Gasteiger partial charge in [-0.15, -0.1) is 10.0 Å². The van der Waals surface area contributed by atoms with Crippen molar-refractivity contribution in [1.29, 1.82) is 0 Å². The predicted molar refractivity (Wildman–Crippen MR) is 248 cm³/mol. The van der Waals surface area contributed by atoms with Gasteiger partial charge in [-0.25, -0.2) is 24.9 Å². The van der Waals surface area contributed by atoms with E-state index >= 15 is 0 Å². The number of hydrogen-bond donors (Lipinski definition) is 0. The van der Waals surface area contributed by atoms with Crippen LogP contribution in [0.2, 0.25) is 0 Å². The molecule has 1 spiro atoms. The van der Waals surface area contributed by atoms with Gasteiger partial charge in [-0.1, -0.05) is 152 Å². The second-order valence-electron chi connectivity index (χ2n) is 15.3. The Morgan fingerprint density at radius 1 is 0.254 bits per heavy atom. The molecule has 63 heavy (non-hydrogen) atoms. The van der Waals surface area contributed by atoms with E-state index in [9.17, 15) is 0 Å². The quantitative estimate of drug-likeness (QED) is 0.165. The molecule has 8 heteroatoms. The summed E-state index contributed by atoms with van der Waals surface area (Å²) >= 11 is 0. The van der Waals surface area contributed by atoms with E-state index in [0.717, 1.165) is 87.3 Å². The van der Waals surface area contributed by atoms with Crippen LogP contribution in [0.5, 0.6) is 23.0 Å². The largest absolute Gasteiger partial charge is 0.455 e. The van der Waals surface area contributed by atoms with Gasteiger partial charge in [0.1, 0.15) is 23.0 Å². The van der Waals surface area contributed by atoms with Crippen LogP contribution >= 0.6 is 10.0 Å². The zero-order valence-corrected chi connectivity index (χ0v) is 34.5. The van der Waals surface area contributed by atoms with Gasteiger partial charge >= 0.3 is 0 Å². The Balaban J connectivity index is 1.05. The summed E-state index contributed by atoms with van der Waals surface area (Å²) < 4.78 is 13.9. The molecule has 0 bridgehead atoms. The molecule has 7 nitrogen and oxygen atoms in total. The minimum atomic E-state index is -2.17. The fourth-order valence-corrected chi connectivity index (χ4v) is 12.7. The molecule has 4 heterocycles. The number of rotatable bonds is 6. The molecule has 0 aliphatic carbocycles. The van der Waals surface area contributed by atoms with Crippen molar-refractivity contribution >= 4 is 10.0 Å². The molecule has 10 aromatic rings. The molecule has 1 atom stereocenters. The van der Waals surface area contributed by atoms with E-state index in [2.05, 4.69) is 91.0 Å². The van der Waals surface area contributed by atoms with Crippen LogP contribution in [0.1, 0.15) is 0 Å². The molecule has 2 aliphatic rings. The lowest BCUT2D eigenvalue weighted by atomic mass is 10.1. The smallest absolute Gasteiger partial charge is 0.164 e. The zero-order chi connectivity index (χ0) is 41.7. The minimum Gasteiger partial charge on any atom is -0.455 e. The van der Waals surface area contributed by atoms with E-state index < -0.39 is 10.0 Å². The van der Waals surface area contributed by atoms with E-state index in [0.29, 0.717) is 23.3 Å². The molecule has 0 amide bonds. The zero-order valence-electron chi connectivity index (χ0n) is 33.7. The first kappa shape index (κ1) is 36.6. The number of nitrogens with zero attached hydrogens (tertiary/aromatic N) is 5. The number of fused-ring (bicyclic) bond motifs is 8. The lowest BCUT2D eigenvalue weighted by Crippen LogP contribution is -2.16. The van der Waals surface area contributed by atoms with E-state index in [1.165, 1.54) is 0 Å². The van der Waals surface area contributed by atoms with Crippen LogP contribution in [-0.4, -0.2) is 24.9 Å². The fraction of sp³-hybridized carbons (Fsp3) is 0. The second-order valence-corrected chi connectivity index (χ2v) is 18.2. The summed E-state index contributed by atoms with van der Waals surface area (Å²) in [6, 6.07) is 72.2. The van der Waals surface area contributed by atoms with Crippen molar-refractivity contribution in [3.05, 3.63) is 212 Å². The van der Waals surface area contributed by atoms with Crippen molar-refractivity contribution in [2.45, 2.75) is 19.6 Å². The first-order chi connectivity index (χ1) is 31.2. The number of benzene rings is 8. The Hall–Kier alpha value is -8.20. The molecule has 298 valence electrons. The first-order valence-electron chi connectivity index (χ1n) is 20.7. The number of aromatic nitrogens is 5. The summed E-state index contributed by atoms with van der Waals surface area (Å²) in [6.45, 7) is 0. The summed E-state index contributed by atoms with van der Waals surface area (Å²) in [4.78, 5) is 29.6. The summed E-state index contributed by atoms with van der Waals surface area (Å²) in [5, 5.41) is 0. The highest BCUT2D eigenvalue weighted by Gasteiger charge is 2.46. The third-order valence-corrected chi connectivity index (χ3v) is 15.4. The minimum absolute atomic E-state index is 0.559. The normalized spacial score (nSPS) is 15.4. The average molecular weight is 830 g/mol. The van der Waals surface area contributed by atoms with Gasteiger partial charge in [0, 0.05) is 53.0 Å². The Morgan fingerprint density at radius 3 is 1.10 bits per heavy atom. The lowest BCUT2D eigenvalue weighted by molar-refractivity contribution is 0.440. The molecule has 2 aromatic heterocycles. The summed E-state index contributed by atoms with van der Waals surface area (Å²) in [5.41, 5.74) is 7.18. The molecular formula is C55H35N5O2S.